The minimum absolute atomic E-state index is 0.00232. The Morgan fingerprint density at radius 3 is 2.82 bits per heavy atom. The lowest BCUT2D eigenvalue weighted by Gasteiger charge is -2.11. The Balaban J connectivity index is 2.43. The number of ether oxygens (including phenoxy) is 1. The van der Waals surface area contributed by atoms with Crippen LogP contribution in [-0.4, -0.2) is 18.1 Å². The van der Waals surface area contributed by atoms with Crippen molar-refractivity contribution in [1.29, 1.82) is 0 Å². The van der Waals surface area contributed by atoms with E-state index in [1.165, 1.54) is 0 Å². The van der Waals surface area contributed by atoms with E-state index in [9.17, 15) is 0 Å². The summed E-state index contributed by atoms with van der Waals surface area (Å²) in [6.07, 6.45) is 1.05. The largest absolute Gasteiger partial charge is 0.492 e. The van der Waals surface area contributed by atoms with E-state index in [0.717, 1.165) is 29.2 Å². The summed E-state index contributed by atoms with van der Waals surface area (Å²) in [5.74, 6) is 3.04. The molecule has 0 unspecified atom stereocenters. The molecular weight excluding hydrogens is 254 g/mol. The number of nitrogens with two attached hydrogens (primary N) is 1. The van der Waals surface area contributed by atoms with Gasteiger partial charge in [-0.15, -0.1) is 0 Å². The SMILES string of the molecule is CCSCCCOc1ccc([C@@H](C)N)cc1Cl. The highest BCUT2D eigenvalue weighted by molar-refractivity contribution is 7.99. The molecule has 1 rings (SSSR count). The third-order valence-electron chi connectivity index (χ3n) is 2.38. The monoisotopic (exact) mass is 273 g/mol. The van der Waals surface area contributed by atoms with Crippen LogP contribution in [0.5, 0.6) is 5.75 Å². The van der Waals surface area contributed by atoms with E-state index in [0.29, 0.717) is 11.6 Å². The van der Waals surface area contributed by atoms with Crippen molar-refractivity contribution in [2.24, 2.45) is 5.73 Å². The molecule has 1 atom stereocenters. The van der Waals surface area contributed by atoms with Crippen molar-refractivity contribution >= 4 is 23.4 Å². The Hall–Kier alpha value is -0.380. The van der Waals surface area contributed by atoms with Gasteiger partial charge in [-0.3, -0.25) is 0 Å². The maximum absolute atomic E-state index is 6.13. The predicted molar refractivity (Wildman–Crippen MR) is 77.2 cm³/mol. The molecule has 0 bridgehead atoms. The molecule has 96 valence electrons. The third-order valence-corrected chi connectivity index (χ3v) is 3.66. The molecule has 0 aliphatic heterocycles. The summed E-state index contributed by atoms with van der Waals surface area (Å²) >= 11 is 8.05. The van der Waals surface area contributed by atoms with Crippen LogP contribution in [0.15, 0.2) is 18.2 Å². The van der Waals surface area contributed by atoms with E-state index < -0.39 is 0 Å². The van der Waals surface area contributed by atoms with Gasteiger partial charge in [0, 0.05) is 6.04 Å². The molecule has 17 heavy (non-hydrogen) atoms. The number of thioether (sulfide) groups is 1. The van der Waals surface area contributed by atoms with Crippen molar-refractivity contribution in [3.63, 3.8) is 0 Å². The first-order valence-electron chi connectivity index (χ1n) is 5.90. The summed E-state index contributed by atoms with van der Waals surface area (Å²) in [6, 6.07) is 5.74. The molecule has 0 radical (unpaired) electrons. The first-order chi connectivity index (χ1) is 8.15. The van der Waals surface area contributed by atoms with Crippen molar-refractivity contribution in [2.75, 3.05) is 18.1 Å². The lowest BCUT2D eigenvalue weighted by molar-refractivity contribution is 0.319. The van der Waals surface area contributed by atoms with Gasteiger partial charge in [0.1, 0.15) is 5.75 Å². The highest BCUT2D eigenvalue weighted by Gasteiger charge is 2.05. The van der Waals surface area contributed by atoms with E-state index in [4.69, 9.17) is 22.1 Å². The van der Waals surface area contributed by atoms with Gasteiger partial charge in [0.25, 0.3) is 0 Å². The molecule has 4 heteroatoms. The summed E-state index contributed by atoms with van der Waals surface area (Å²) in [5.41, 5.74) is 6.82. The molecule has 1 aromatic carbocycles. The van der Waals surface area contributed by atoms with Crippen LogP contribution in [0.3, 0.4) is 0 Å². The second-order valence-corrected chi connectivity index (χ2v) is 5.68. The molecule has 0 fully saturated rings. The summed E-state index contributed by atoms with van der Waals surface area (Å²) < 4.78 is 5.63. The summed E-state index contributed by atoms with van der Waals surface area (Å²) in [5, 5.41) is 0.642. The molecule has 0 aliphatic rings. The van der Waals surface area contributed by atoms with Crippen molar-refractivity contribution in [2.45, 2.75) is 26.3 Å². The van der Waals surface area contributed by atoms with Crippen molar-refractivity contribution in [3.05, 3.63) is 28.8 Å². The van der Waals surface area contributed by atoms with Gasteiger partial charge in [-0.05, 0) is 42.5 Å². The summed E-state index contributed by atoms with van der Waals surface area (Å²) in [7, 11) is 0. The smallest absolute Gasteiger partial charge is 0.137 e. The fourth-order valence-electron chi connectivity index (χ4n) is 1.40. The summed E-state index contributed by atoms with van der Waals surface area (Å²) in [6.45, 7) is 4.81. The lowest BCUT2D eigenvalue weighted by Crippen LogP contribution is -2.05. The zero-order valence-corrected chi connectivity index (χ0v) is 12.0. The second kappa shape index (κ2) is 7.85. The van der Waals surface area contributed by atoms with Crippen LogP contribution >= 0.6 is 23.4 Å². The van der Waals surface area contributed by atoms with Crippen LogP contribution in [0.2, 0.25) is 5.02 Å². The summed E-state index contributed by atoms with van der Waals surface area (Å²) in [4.78, 5) is 0. The quantitative estimate of drug-likeness (QED) is 0.766. The maximum Gasteiger partial charge on any atom is 0.137 e. The van der Waals surface area contributed by atoms with Crippen LogP contribution in [0.1, 0.15) is 31.9 Å². The first kappa shape index (κ1) is 14.7. The van der Waals surface area contributed by atoms with E-state index in [1.54, 1.807) is 0 Å². The van der Waals surface area contributed by atoms with E-state index in [2.05, 4.69) is 6.92 Å². The first-order valence-corrected chi connectivity index (χ1v) is 7.44. The molecule has 0 spiro atoms. The Labute approximate surface area is 113 Å². The van der Waals surface area contributed by atoms with E-state index >= 15 is 0 Å². The minimum atomic E-state index is 0.00232. The Morgan fingerprint density at radius 1 is 1.47 bits per heavy atom. The standard InChI is InChI=1S/C13H20ClNOS/c1-3-17-8-4-7-16-13-6-5-11(10(2)15)9-12(13)14/h5-6,9-10H,3-4,7-8,15H2,1-2H3/t10-/m1/s1. The fourth-order valence-corrected chi connectivity index (χ4v) is 2.26. The number of benzene rings is 1. The molecular formula is C13H20ClNOS. The van der Waals surface area contributed by atoms with E-state index in [1.807, 2.05) is 36.9 Å². The molecule has 0 saturated carbocycles. The Morgan fingerprint density at radius 2 is 2.24 bits per heavy atom. The number of halogens is 1. The lowest BCUT2D eigenvalue weighted by atomic mass is 10.1. The second-order valence-electron chi connectivity index (χ2n) is 3.88. The zero-order chi connectivity index (χ0) is 12.7. The van der Waals surface area contributed by atoms with Gasteiger partial charge >= 0.3 is 0 Å². The van der Waals surface area contributed by atoms with Gasteiger partial charge in [-0.25, -0.2) is 0 Å². The van der Waals surface area contributed by atoms with Crippen LogP contribution in [0, 0.1) is 0 Å². The normalized spacial score (nSPS) is 12.5. The van der Waals surface area contributed by atoms with Gasteiger partial charge < -0.3 is 10.5 Å². The average Bonchev–Trinajstić information content (AvgIpc) is 2.30. The van der Waals surface area contributed by atoms with Crippen molar-refractivity contribution in [1.82, 2.24) is 0 Å². The van der Waals surface area contributed by atoms with Gasteiger partial charge in [-0.2, -0.15) is 11.8 Å². The van der Waals surface area contributed by atoms with Crippen LogP contribution in [-0.2, 0) is 0 Å². The molecule has 2 nitrogen and oxygen atoms in total. The third kappa shape index (κ3) is 5.19. The van der Waals surface area contributed by atoms with Gasteiger partial charge in [0.15, 0.2) is 0 Å². The number of hydrogen-bond donors (Lipinski definition) is 1. The molecule has 0 heterocycles. The molecule has 0 aliphatic carbocycles. The topological polar surface area (TPSA) is 35.2 Å². The molecule has 0 amide bonds. The van der Waals surface area contributed by atoms with Gasteiger partial charge in [0.05, 0.1) is 11.6 Å². The van der Waals surface area contributed by atoms with Crippen molar-refractivity contribution < 1.29 is 4.74 Å². The van der Waals surface area contributed by atoms with Gasteiger partial charge in [0.2, 0.25) is 0 Å². The minimum Gasteiger partial charge on any atom is -0.492 e. The number of hydrogen-bond acceptors (Lipinski definition) is 3. The van der Waals surface area contributed by atoms with Crippen molar-refractivity contribution in [3.8, 4) is 5.75 Å². The molecule has 0 aromatic heterocycles. The maximum atomic E-state index is 6.13. The molecule has 1 aromatic rings. The molecule has 0 saturated heterocycles. The fraction of sp³-hybridized carbons (Fsp3) is 0.538. The highest BCUT2D eigenvalue weighted by Crippen LogP contribution is 2.27. The Bertz CT molecular complexity index is 344. The van der Waals surface area contributed by atoms with Crippen LogP contribution in [0.4, 0.5) is 0 Å². The highest BCUT2D eigenvalue weighted by atomic mass is 35.5. The average molecular weight is 274 g/mol. The van der Waals surface area contributed by atoms with Gasteiger partial charge in [-0.1, -0.05) is 24.6 Å². The van der Waals surface area contributed by atoms with Crippen LogP contribution in [0.25, 0.3) is 0 Å². The van der Waals surface area contributed by atoms with E-state index in [-0.39, 0.29) is 6.04 Å². The Kier molecular flexibility index (Phi) is 6.78. The predicted octanol–water partition coefficient (Wildman–Crippen LogP) is 3.88. The van der Waals surface area contributed by atoms with Crippen LogP contribution < -0.4 is 10.5 Å². The molecule has 2 N–H and O–H groups in total. The zero-order valence-electron chi connectivity index (χ0n) is 10.4. The number of rotatable bonds is 7.